The van der Waals surface area contributed by atoms with E-state index in [1.54, 1.807) is 13.3 Å². The molecule has 0 unspecified atom stereocenters. The van der Waals surface area contributed by atoms with Crippen molar-refractivity contribution in [2.45, 2.75) is 24.8 Å². The van der Waals surface area contributed by atoms with Crippen molar-refractivity contribution in [3.63, 3.8) is 0 Å². The molecule has 0 aliphatic heterocycles. The number of rotatable bonds is 3. The highest BCUT2D eigenvalue weighted by Gasteiger charge is 2.39. The van der Waals surface area contributed by atoms with Crippen LogP contribution in [0, 0.1) is 11.8 Å². The second-order valence-corrected chi connectivity index (χ2v) is 6.82. The fourth-order valence-electron chi connectivity index (χ4n) is 2.91. The number of nitrogens with one attached hydrogen (secondary N) is 1. The zero-order valence-electron chi connectivity index (χ0n) is 13.7. The monoisotopic (exact) mass is 400 g/mol. The molecule has 25 heavy (non-hydrogen) atoms. The van der Waals surface area contributed by atoms with Crippen LogP contribution in [0.1, 0.15) is 36.0 Å². The number of carboxylic acid groups (broad SMARTS) is 1. The molecule has 0 spiro atoms. The van der Waals surface area contributed by atoms with Crippen LogP contribution in [0.25, 0.3) is 0 Å². The Kier molecular flexibility index (Phi) is 4.95. The van der Waals surface area contributed by atoms with E-state index in [1.165, 1.54) is 0 Å². The van der Waals surface area contributed by atoms with Gasteiger partial charge in [0.1, 0.15) is 0 Å². The minimum absolute atomic E-state index is 0.449. The van der Waals surface area contributed by atoms with Gasteiger partial charge in [0.15, 0.2) is 0 Å². The maximum Gasteiger partial charge on any atom is 0.405 e. The molecule has 1 aliphatic rings. The fraction of sp³-hybridized carbons (Fsp3) is 0.263. The zero-order chi connectivity index (χ0) is 17.9. The van der Waals surface area contributed by atoms with Crippen molar-refractivity contribution in [1.82, 2.24) is 10.3 Å². The van der Waals surface area contributed by atoms with E-state index >= 15 is 0 Å². The van der Waals surface area contributed by atoms with E-state index in [2.05, 4.69) is 38.1 Å². The molecule has 1 aromatic carbocycles. The highest BCUT2D eigenvalue weighted by atomic mass is 79.9. The Bertz CT molecular complexity index is 849. The van der Waals surface area contributed by atoms with E-state index in [0.717, 1.165) is 34.9 Å². The van der Waals surface area contributed by atoms with E-state index in [4.69, 9.17) is 9.84 Å². The molecule has 5 nitrogen and oxygen atoms in total. The van der Waals surface area contributed by atoms with Crippen LogP contribution < -0.4 is 10.1 Å². The Hall–Kier alpha value is -2.52. The lowest BCUT2D eigenvalue weighted by atomic mass is 9.72. The highest BCUT2D eigenvalue weighted by molar-refractivity contribution is 9.10. The number of amides is 1. The van der Waals surface area contributed by atoms with Gasteiger partial charge in [0.05, 0.1) is 18.2 Å². The second kappa shape index (κ2) is 7.16. The van der Waals surface area contributed by atoms with Crippen molar-refractivity contribution in [3.8, 4) is 17.7 Å². The summed E-state index contributed by atoms with van der Waals surface area (Å²) in [5.74, 6) is 6.63. The first-order valence-electron chi connectivity index (χ1n) is 7.86. The molecule has 1 amide bonds. The Morgan fingerprint density at radius 1 is 1.32 bits per heavy atom. The molecule has 1 heterocycles. The molecule has 128 valence electrons. The van der Waals surface area contributed by atoms with Crippen molar-refractivity contribution >= 4 is 22.0 Å². The van der Waals surface area contributed by atoms with Gasteiger partial charge in [-0.1, -0.05) is 24.0 Å². The van der Waals surface area contributed by atoms with Gasteiger partial charge in [0.2, 0.25) is 5.88 Å². The van der Waals surface area contributed by atoms with E-state index in [1.807, 2.05) is 30.3 Å². The summed E-state index contributed by atoms with van der Waals surface area (Å²) in [6.45, 7) is 0. The third-order valence-electron chi connectivity index (χ3n) is 4.34. The van der Waals surface area contributed by atoms with Crippen LogP contribution in [0.5, 0.6) is 5.88 Å². The van der Waals surface area contributed by atoms with E-state index in [0.29, 0.717) is 11.4 Å². The summed E-state index contributed by atoms with van der Waals surface area (Å²) >= 11 is 3.38. The SMILES string of the molecule is COc1ncc(Br)cc1C#Cc1ccc(C2(NC(=O)O)CCC2)cc1. The van der Waals surface area contributed by atoms with Gasteiger partial charge >= 0.3 is 6.09 Å². The molecular formula is C19H17BrN2O3. The van der Waals surface area contributed by atoms with E-state index < -0.39 is 11.6 Å². The lowest BCUT2D eigenvalue weighted by Gasteiger charge is -2.42. The summed E-state index contributed by atoms with van der Waals surface area (Å²) in [5, 5.41) is 11.7. The summed E-state index contributed by atoms with van der Waals surface area (Å²) in [4.78, 5) is 15.2. The van der Waals surface area contributed by atoms with Gasteiger partial charge in [0, 0.05) is 16.2 Å². The first-order chi connectivity index (χ1) is 12.0. The van der Waals surface area contributed by atoms with Crippen LogP contribution in [0.2, 0.25) is 0 Å². The summed E-state index contributed by atoms with van der Waals surface area (Å²) in [5.41, 5.74) is 2.07. The topological polar surface area (TPSA) is 71.5 Å². The quantitative estimate of drug-likeness (QED) is 0.766. The summed E-state index contributed by atoms with van der Waals surface area (Å²) in [6, 6.07) is 9.55. The van der Waals surface area contributed by atoms with Crippen LogP contribution in [0.15, 0.2) is 41.0 Å². The lowest BCUT2D eigenvalue weighted by molar-refractivity contribution is 0.144. The molecule has 3 rings (SSSR count). The Balaban J connectivity index is 1.83. The Labute approximate surface area is 154 Å². The molecule has 0 saturated heterocycles. The number of methoxy groups -OCH3 is 1. The number of nitrogens with zero attached hydrogens (tertiary/aromatic N) is 1. The minimum Gasteiger partial charge on any atom is -0.480 e. The highest BCUT2D eigenvalue weighted by Crippen LogP contribution is 2.41. The van der Waals surface area contributed by atoms with Crippen molar-refractivity contribution in [3.05, 3.63) is 57.7 Å². The van der Waals surface area contributed by atoms with Crippen molar-refractivity contribution < 1.29 is 14.6 Å². The van der Waals surface area contributed by atoms with E-state index in [-0.39, 0.29) is 0 Å². The van der Waals surface area contributed by atoms with Gasteiger partial charge in [-0.3, -0.25) is 0 Å². The van der Waals surface area contributed by atoms with Gasteiger partial charge in [-0.2, -0.15) is 0 Å². The number of pyridine rings is 1. The van der Waals surface area contributed by atoms with Gasteiger partial charge in [-0.25, -0.2) is 9.78 Å². The van der Waals surface area contributed by atoms with Crippen molar-refractivity contribution in [2.24, 2.45) is 0 Å². The summed E-state index contributed by atoms with van der Waals surface area (Å²) in [6.07, 6.45) is 3.35. The van der Waals surface area contributed by atoms with Crippen LogP contribution in [0.4, 0.5) is 4.79 Å². The molecule has 0 radical (unpaired) electrons. The third-order valence-corrected chi connectivity index (χ3v) is 4.78. The molecule has 1 aliphatic carbocycles. The van der Waals surface area contributed by atoms with Gasteiger partial charge in [-0.15, -0.1) is 0 Å². The third kappa shape index (κ3) is 3.77. The standard InChI is InChI=1S/C19H17BrN2O3/c1-25-17-14(11-16(20)12-21-17)6-3-13-4-7-15(8-5-13)19(9-2-10-19)22-18(23)24/h4-5,7-8,11-12,22H,2,9-10H2,1H3,(H,23,24). The Morgan fingerprint density at radius 3 is 2.60 bits per heavy atom. The first-order valence-corrected chi connectivity index (χ1v) is 8.65. The van der Waals surface area contributed by atoms with Crippen LogP contribution in [-0.4, -0.2) is 23.3 Å². The molecule has 2 aromatic rings. The number of ether oxygens (including phenoxy) is 1. The second-order valence-electron chi connectivity index (χ2n) is 5.90. The maximum atomic E-state index is 11.0. The molecule has 0 atom stereocenters. The summed E-state index contributed by atoms with van der Waals surface area (Å²) < 4.78 is 6.05. The number of hydrogen-bond acceptors (Lipinski definition) is 3. The van der Waals surface area contributed by atoms with Gasteiger partial charge in [0.25, 0.3) is 0 Å². The largest absolute Gasteiger partial charge is 0.480 e. The number of hydrogen-bond donors (Lipinski definition) is 2. The molecule has 1 saturated carbocycles. The van der Waals surface area contributed by atoms with Gasteiger partial charge in [-0.05, 0) is 59.0 Å². The normalized spacial score (nSPS) is 14.6. The average molecular weight is 401 g/mol. The maximum absolute atomic E-state index is 11.0. The number of carbonyl (C=O) groups is 1. The molecule has 1 fully saturated rings. The van der Waals surface area contributed by atoms with Crippen LogP contribution in [-0.2, 0) is 5.54 Å². The van der Waals surface area contributed by atoms with E-state index in [9.17, 15) is 4.79 Å². The molecule has 1 aromatic heterocycles. The number of halogens is 1. The molecule has 2 N–H and O–H groups in total. The van der Waals surface area contributed by atoms with Crippen LogP contribution in [0.3, 0.4) is 0 Å². The molecule has 0 bridgehead atoms. The number of benzene rings is 1. The molecular weight excluding hydrogens is 384 g/mol. The predicted octanol–water partition coefficient (Wildman–Crippen LogP) is 3.90. The fourth-order valence-corrected chi connectivity index (χ4v) is 3.24. The average Bonchev–Trinajstić information content (AvgIpc) is 2.57. The molecule has 6 heteroatoms. The smallest absolute Gasteiger partial charge is 0.405 e. The lowest BCUT2D eigenvalue weighted by Crippen LogP contribution is -2.50. The zero-order valence-corrected chi connectivity index (χ0v) is 15.3. The number of aromatic nitrogens is 1. The summed E-state index contributed by atoms with van der Waals surface area (Å²) in [7, 11) is 1.56. The Morgan fingerprint density at radius 2 is 2.04 bits per heavy atom. The van der Waals surface area contributed by atoms with Crippen molar-refractivity contribution in [2.75, 3.05) is 7.11 Å². The first kappa shape index (κ1) is 17.3. The van der Waals surface area contributed by atoms with Crippen LogP contribution >= 0.6 is 15.9 Å². The van der Waals surface area contributed by atoms with Gasteiger partial charge < -0.3 is 15.2 Å². The van der Waals surface area contributed by atoms with Crippen molar-refractivity contribution in [1.29, 1.82) is 0 Å². The predicted molar refractivity (Wildman–Crippen MR) is 97.6 cm³/mol. The minimum atomic E-state index is -0.988.